The lowest BCUT2D eigenvalue weighted by atomic mass is 9.59. The SMILES string of the molecule is CC#CC1=C/C(c2ccc3c(c2)C2(COC(N)=N2)C2(COC2)C(Cc2ccccc2)O3)=C\C=C\C=C\1. The first-order valence-corrected chi connectivity index (χ1v) is 12.2. The first-order valence-electron chi connectivity index (χ1n) is 12.2. The number of hydrogen-bond acceptors (Lipinski definition) is 5. The third-order valence-corrected chi connectivity index (χ3v) is 7.53. The summed E-state index contributed by atoms with van der Waals surface area (Å²) in [5.74, 6) is 7.00. The molecular formula is C31H28N2O3. The van der Waals surface area contributed by atoms with Gasteiger partial charge in [0, 0.05) is 17.6 Å². The Morgan fingerprint density at radius 3 is 2.64 bits per heavy atom. The molecule has 0 saturated carbocycles. The molecule has 6 rings (SSSR count). The topological polar surface area (TPSA) is 66.1 Å². The second-order valence-electron chi connectivity index (χ2n) is 9.60. The second kappa shape index (κ2) is 8.89. The maximum absolute atomic E-state index is 6.73. The Bertz CT molecular complexity index is 1400. The van der Waals surface area contributed by atoms with Crippen LogP contribution in [0.4, 0.5) is 0 Å². The van der Waals surface area contributed by atoms with Crippen LogP contribution < -0.4 is 10.5 Å². The van der Waals surface area contributed by atoms with Gasteiger partial charge in [0.05, 0.1) is 18.6 Å². The summed E-state index contributed by atoms with van der Waals surface area (Å²) >= 11 is 0. The highest BCUT2D eigenvalue weighted by Crippen LogP contribution is 2.59. The molecule has 2 atom stereocenters. The predicted molar refractivity (Wildman–Crippen MR) is 141 cm³/mol. The summed E-state index contributed by atoms with van der Waals surface area (Å²) in [6, 6.07) is 17.0. The number of rotatable bonds is 3. The van der Waals surface area contributed by atoms with Crippen LogP contribution in [0, 0.1) is 17.3 Å². The van der Waals surface area contributed by atoms with Crippen molar-refractivity contribution in [2.45, 2.75) is 25.0 Å². The van der Waals surface area contributed by atoms with Crippen LogP contribution >= 0.6 is 0 Å². The van der Waals surface area contributed by atoms with Gasteiger partial charge in [-0.05, 0) is 47.9 Å². The number of nitrogens with two attached hydrogens (primary N) is 1. The van der Waals surface area contributed by atoms with Crippen LogP contribution in [0.25, 0.3) is 5.57 Å². The highest BCUT2D eigenvalue weighted by molar-refractivity contribution is 5.80. The number of benzene rings is 2. The fourth-order valence-electron chi connectivity index (χ4n) is 5.62. The Kier molecular flexibility index (Phi) is 5.55. The van der Waals surface area contributed by atoms with Gasteiger partial charge in [-0.25, -0.2) is 4.99 Å². The molecule has 1 saturated heterocycles. The summed E-state index contributed by atoms with van der Waals surface area (Å²) in [5.41, 5.74) is 10.4. The van der Waals surface area contributed by atoms with E-state index in [-0.39, 0.29) is 17.5 Å². The van der Waals surface area contributed by atoms with Gasteiger partial charge in [0.15, 0.2) is 0 Å². The van der Waals surface area contributed by atoms with E-state index < -0.39 is 5.54 Å². The lowest BCUT2D eigenvalue weighted by Gasteiger charge is -2.57. The van der Waals surface area contributed by atoms with E-state index >= 15 is 0 Å². The highest BCUT2D eigenvalue weighted by Gasteiger charge is 2.67. The Morgan fingerprint density at radius 1 is 1.06 bits per heavy atom. The summed E-state index contributed by atoms with van der Waals surface area (Å²) in [7, 11) is 0. The molecule has 0 aromatic heterocycles. The van der Waals surface area contributed by atoms with Gasteiger partial charge < -0.3 is 19.9 Å². The molecule has 5 nitrogen and oxygen atoms in total. The summed E-state index contributed by atoms with van der Waals surface area (Å²) in [6.07, 6.45) is 12.9. The smallest absolute Gasteiger partial charge is 0.283 e. The van der Waals surface area contributed by atoms with Gasteiger partial charge in [-0.2, -0.15) is 0 Å². The molecule has 2 spiro atoms. The Hall–Kier alpha value is -4.01. The van der Waals surface area contributed by atoms with Crippen molar-refractivity contribution in [2.75, 3.05) is 19.8 Å². The number of ether oxygens (including phenoxy) is 3. The van der Waals surface area contributed by atoms with Gasteiger partial charge in [0.2, 0.25) is 0 Å². The van der Waals surface area contributed by atoms with Gasteiger partial charge in [0.1, 0.15) is 24.0 Å². The molecule has 0 bridgehead atoms. The maximum Gasteiger partial charge on any atom is 0.283 e. The van der Waals surface area contributed by atoms with Crippen LogP contribution in [0.1, 0.15) is 23.6 Å². The average Bonchev–Trinajstić information content (AvgIpc) is 3.22. The lowest BCUT2D eigenvalue weighted by Crippen LogP contribution is -2.68. The minimum Gasteiger partial charge on any atom is -0.489 e. The molecule has 2 aromatic rings. The Balaban J connectivity index is 1.48. The van der Waals surface area contributed by atoms with Crippen LogP contribution in [0.5, 0.6) is 5.75 Å². The van der Waals surface area contributed by atoms with Gasteiger partial charge in [-0.15, -0.1) is 5.92 Å². The largest absolute Gasteiger partial charge is 0.489 e. The average molecular weight is 477 g/mol. The molecule has 2 N–H and O–H groups in total. The number of nitrogens with zero attached hydrogens (tertiary/aromatic N) is 1. The summed E-state index contributed by atoms with van der Waals surface area (Å²) in [4.78, 5) is 4.98. The first-order chi connectivity index (χ1) is 17.6. The zero-order valence-corrected chi connectivity index (χ0v) is 20.2. The van der Waals surface area contributed by atoms with Crippen LogP contribution in [-0.2, 0) is 21.4 Å². The van der Waals surface area contributed by atoms with E-state index in [1.807, 2.05) is 37.3 Å². The van der Waals surface area contributed by atoms with Crippen molar-refractivity contribution in [2.24, 2.45) is 16.1 Å². The van der Waals surface area contributed by atoms with Crippen molar-refractivity contribution in [3.63, 3.8) is 0 Å². The molecule has 180 valence electrons. The second-order valence-corrected chi connectivity index (χ2v) is 9.60. The van der Waals surface area contributed by atoms with E-state index in [4.69, 9.17) is 24.9 Å². The number of hydrogen-bond donors (Lipinski definition) is 1. The summed E-state index contributed by atoms with van der Waals surface area (Å²) in [6.45, 7) is 3.31. The molecule has 0 amide bonds. The number of aliphatic imine (C=N–C) groups is 1. The normalized spacial score (nSPS) is 29.8. The minimum atomic E-state index is -0.675. The van der Waals surface area contributed by atoms with Crippen LogP contribution in [0.3, 0.4) is 0 Å². The fraction of sp³-hybridized carbons (Fsp3) is 0.258. The molecule has 1 fully saturated rings. The quantitative estimate of drug-likeness (QED) is 0.652. The van der Waals surface area contributed by atoms with Gasteiger partial charge in [-0.3, -0.25) is 0 Å². The van der Waals surface area contributed by atoms with Crippen molar-refractivity contribution in [1.82, 2.24) is 0 Å². The van der Waals surface area contributed by atoms with E-state index in [1.165, 1.54) is 5.56 Å². The van der Waals surface area contributed by atoms with E-state index in [9.17, 15) is 0 Å². The highest BCUT2D eigenvalue weighted by atomic mass is 16.5. The van der Waals surface area contributed by atoms with E-state index in [0.717, 1.165) is 34.4 Å². The number of amidine groups is 1. The molecule has 36 heavy (non-hydrogen) atoms. The standard InChI is InChI=1S/C31H28N2O3/c1-2-9-22-10-7-4-8-13-24(16-22)25-14-15-27-26(18-25)31(21-35-29(32)33-31)30(19-34-20-30)28(36-27)17-23-11-5-3-6-12-23/h3-8,10-16,18,28H,17,19-21H2,1H3,(H2,32,33)/b7-4?,8-4+,10-7+,13-8?,22-10?,22-16-,24-13+,24-16?. The molecule has 1 aliphatic carbocycles. The molecule has 3 aliphatic heterocycles. The summed E-state index contributed by atoms with van der Waals surface area (Å²) in [5, 5.41) is 0. The lowest BCUT2D eigenvalue weighted by molar-refractivity contribution is -0.215. The van der Waals surface area contributed by atoms with Gasteiger partial charge in [0.25, 0.3) is 6.02 Å². The van der Waals surface area contributed by atoms with Crippen molar-refractivity contribution in [3.05, 3.63) is 107 Å². The van der Waals surface area contributed by atoms with Gasteiger partial charge >= 0.3 is 0 Å². The zero-order chi connectivity index (χ0) is 24.6. The van der Waals surface area contributed by atoms with E-state index in [2.05, 4.69) is 66.5 Å². The Labute approximate surface area is 211 Å². The van der Waals surface area contributed by atoms with Crippen LogP contribution in [0.15, 0.2) is 95.6 Å². The molecule has 2 aromatic carbocycles. The summed E-state index contributed by atoms with van der Waals surface area (Å²) < 4.78 is 18.4. The molecular weight excluding hydrogens is 448 g/mol. The minimum absolute atomic E-state index is 0.120. The number of fused-ring (bicyclic) bond motifs is 3. The molecule has 4 aliphatic rings. The molecule has 2 unspecified atom stereocenters. The van der Waals surface area contributed by atoms with Crippen molar-refractivity contribution < 1.29 is 14.2 Å². The third-order valence-electron chi connectivity index (χ3n) is 7.53. The van der Waals surface area contributed by atoms with E-state index in [1.54, 1.807) is 0 Å². The van der Waals surface area contributed by atoms with Crippen LogP contribution in [-0.4, -0.2) is 31.9 Å². The van der Waals surface area contributed by atoms with E-state index in [0.29, 0.717) is 19.8 Å². The first kappa shape index (κ1) is 22.5. The molecule has 3 heterocycles. The monoisotopic (exact) mass is 476 g/mol. The van der Waals surface area contributed by atoms with Gasteiger partial charge in [-0.1, -0.05) is 66.6 Å². The third kappa shape index (κ3) is 3.57. The van der Waals surface area contributed by atoms with Crippen molar-refractivity contribution >= 4 is 11.6 Å². The molecule has 5 heteroatoms. The number of allylic oxidation sites excluding steroid dienone is 8. The fourth-order valence-corrected chi connectivity index (χ4v) is 5.62. The van der Waals surface area contributed by atoms with Crippen LogP contribution in [0.2, 0.25) is 0 Å². The molecule has 0 radical (unpaired) electrons. The Morgan fingerprint density at radius 2 is 1.92 bits per heavy atom. The zero-order valence-electron chi connectivity index (χ0n) is 20.2. The van der Waals surface area contributed by atoms with Crippen molar-refractivity contribution in [1.29, 1.82) is 0 Å². The van der Waals surface area contributed by atoms with Crippen molar-refractivity contribution in [3.8, 4) is 17.6 Å². The predicted octanol–water partition coefficient (Wildman–Crippen LogP) is 4.71. The maximum atomic E-state index is 6.73.